The van der Waals surface area contributed by atoms with Gasteiger partial charge in [-0.3, -0.25) is 14.9 Å². The summed E-state index contributed by atoms with van der Waals surface area (Å²) < 4.78 is 4.93. The lowest BCUT2D eigenvalue weighted by molar-refractivity contribution is -0.402. The SMILES string of the molecule is Cc1nc(=O)cc(/C=C/c2ccc([N+](=O)[O-])o2)[nH]1. The van der Waals surface area contributed by atoms with Gasteiger partial charge in [-0.25, -0.2) is 0 Å². The summed E-state index contributed by atoms with van der Waals surface area (Å²) in [6, 6.07) is 4.06. The molecule has 0 fully saturated rings. The lowest BCUT2D eigenvalue weighted by Gasteiger charge is -1.94. The van der Waals surface area contributed by atoms with Gasteiger partial charge >= 0.3 is 5.88 Å². The van der Waals surface area contributed by atoms with Gasteiger partial charge in [0.05, 0.1) is 6.07 Å². The molecule has 7 nitrogen and oxygen atoms in total. The molecule has 18 heavy (non-hydrogen) atoms. The van der Waals surface area contributed by atoms with Gasteiger partial charge in [0.1, 0.15) is 16.5 Å². The molecule has 7 heteroatoms. The van der Waals surface area contributed by atoms with E-state index < -0.39 is 4.92 Å². The van der Waals surface area contributed by atoms with Crippen molar-refractivity contribution in [3.63, 3.8) is 0 Å². The van der Waals surface area contributed by atoms with E-state index in [9.17, 15) is 14.9 Å². The number of hydrogen-bond donors (Lipinski definition) is 1. The zero-order chi connectivity index (χ0) is 13.1. The van der Waals surface area contributed by atoms with Crippen LogP contribution in [0.5, 0.6) is 0 Å². The molecule has 0 unspecified atom stereocenters. The number of nitro groups is 1. The summed E-state index contributed by atoms with van der Waals surface area (Å²) in [6.45, 7) is 1.66. The fourth-order valence-corrected chi connectivity index (χ4v) is 1.40. The predicted molar refractivity (Wildman–Crippen MR) is 63.9 cm³/mol. The molecule has 0 bridgehead atoms. The minimum atomic E-state index is -0.615. The van der Waals surface area contributed by atoms with Crippen LogP contribution in [-0.4, -0.2) is 14.9 Å². The van der Waals surface area contributed by atoms with Crippen LogP contribution in [0.25, 0.3) is 12.2 Å². The normalized spacial score (nSPS) is 10.9. The molecule has 0 radical (unpaired) electrons. The van der Waals surface area contributed by atoms with Gasteiger partial charge in [-0.1, -0.05) is 0 Å². The van der Waals surface area contributed by atoms with E-state index in [1.165, 1.54) is 24.3 Å². The average Bonchev–Trinajstić information content (AvgIpc) is 2.73. The first-order valence-electron chi connectivity index (χ1n) is 5.05. The maximum absolute atomic E-state index is 11.1. The highest BCUT2D eigenvalue weighted by Crippen LogP contribution is 2.17. The fourth-order valence-electron chi connectivity index (χ4n) is 1.40. The average molecular weight is 247 g/mol. The van der Waals surface area contributed by atoms with E-state index in [0.717, 1.165) is 0 Å². The first kappa shape index (κ1) is 11.8. The Morgan fingerprint density at radius 3 is 2.83 bits per heavy atom. The Bertz CT molecular complexity index is 669. The third-order valence-electron chi connectivity index (χ3n) is 2.10. The van der Waals surface area contributed by atoms with Crippen LogP contribution < -0.4 is 5.56 Å². The van der Waals surface area contributed by atoms with E-state index in [0.29, 0.717) is 17.3 Å². The minimum absolute atomic E-state index is 0.325. The molecular weight excluding hydrogens is 238 g/mol. The van der Waals surface area contributed by atoms with Crippen molar-refractivity contribution in [3.8, 4) is 0 Å². The van der Waals surface area contributed by atoms with Gasteiger partial charge in [0.2, 0.25) is 0 Å². The van der Waals surface area contributed by atoms with Crippen LogP contribution in [0, 0.1) is 17.0 Å². The van der Waals surface area contributed by atoms with Crippen LogP contribution in [0.4, 0.5) is 5.88 Å². The summed E-state index contributed by atoms with van der Waals surface area (Å²) in [5.74, 6) is 0.499. The molecule has 0 amide bonds. The molecule has 1 N–H and O–H groups in total. The number of aromatic amines is 1. The standard InChI is InChI=1S/C11H9N3O4/c1-7-12-8(6-10(15)13-7)2-3-9-4-5-11(18-9)14(16)17/h2-6H,1H3,(H,12,13,15)/b3-2+. The number of hydrogen-bond acceptors (Lipinski definition) is 5. The summed E-state index contributed by atoms with van der Waals surface area (Å²) >= 11 is 0. The topological polar surface area (TPSA) is 102 Å². The molecular formula is C11H9N3O4. The van der Waals surface area contributed by atoms with E-state index in [-0.39, 0.29) is 11.4 Å². The van der Waals surface area contributed by atoms with Gasteiger partial charge in [0.25, 0.3) is 5.56 Å². The fraction of sp³-hybridized carbons (Fsp3) is 0.0909. The summed E-state index contributed by atoms with van der Waals surface area (Å²) in [4.78, 5) is 27.5. The number of H-pyrrole nitrogens is 1. The first-order valence-corrected chi connectivity index (χ1v) is 5.05. The molecule has 0 atom stereocenters. The van der Waals surface area contributed by atoms with Crippen molar-refractivity contribution in [1.29, 1.82) is 0 Å². The number of nitrogens with one attached hydrogen (secondary N) is 1. The van der Waals surface area contributed by atoms with Crippen LogP contribution in [-0.2, 0) is 0 Å². The summed E-state index contributed by atoms with van der Waals surface area (Å²) in [5.41, 5.74) is 0.197. The Morgan fingerprint density at radius 2 is 2.22 bits per heavy atom. The third-order valence-corrected chi connectivity index (χ3v) is 2.10. The van der Waals surface area contributed by atoms with Crippen molar-refractivity contribution < 1.29 is 9.34 Å². The Morgan fingerprint density at radius 1 is 1.44 bits per heavy atom. The second-order valence-corrected chi connectivity index (χ2v) is 3.53. The lowest BCUT2D eigenvalue weighted by atomic mass is 10.3. The highest BCUT2D eigenvalue weighted by molar-refractivity contribution is 5.65. The highest BCUT2D eigenvalue weighted by Gasteiger charge is 2.09. The van der Waals surface area contributed by atoms with Gasteiger partial charge in [0, 0.05) is 11.8 Å². The summed E-state index contributed by atoms with van der Waals surface area (Å²) in [5, 5.41) is 10.4. The highest BCUT2D eigenvalue weighted by atomic mass is 16.6. The molecule has 0 aliphatic heterocycles. The zero-order valence-electron chi connectivity index (χ0n) is 9.41. The van der Waals surface area contributed by atoms with Gasteiger partial charge in [-0.15, -0.1) is 0 Å². The van der Waals surface area contributed by atoms with Crippen molar-refractivity contribution in [1.82, 2.24) is 9.97 Å². The number of aryl methyl sites for hydroxylation is 1. The summed E-state index contributed by atoms with van der Waals surface area (Å²) in [7, 11) is 0. The van der Waals surface area contributed by atoms with Gasteiger partial charge in [-0.2, -0.15) is 4.98 Å². The molecule has 0 aliphatic carbocycles. The van der Waals surface area contributed by atoms with Crippen molar-refractivity contribution in [2.24, 2.45) is 0 Å². The second-order valence-electron chi connectivity index (χ2n) is 3.53. The zero-order valence-corrected chi connectivity index (χ0v) is 9.41. The number of rotatable bonds is 3. The molecule has 0 aliphatic rings. The minimum Gasteiger partial charge on any atom is -0.401 e. The lowest BCUT2D eigenvalue weighted by Crippen LogP contribution is -2.08. The van der Waals surface area contributed by atoms with Crippen LogP contribution >= 0.6 is 0 Å². The molecule has 2 aromatic heterocycles. The molecule has 0 aromatic carbocycles. The molecule has 0 saturated heterocycles. The van der Waals surface area contributed by atoms with Gasteiger partial charge < -0.3 is 9.40 Å². The Hall–Kier alpha value is -2.70. The van der Waals surface area contributed by atoms with E-state index in [2.05, 4.69) is 9.97 Å². The molecule has 2 aromatic rings. The molecule has 92 valence electrons. The maximum Gasteiger partial charge on any atom is 0.433 e. The van der Waals surface area contributed by atoms with Crippen molar-refractivity contribution >= 4 is 18.0 Å². The summed E-state index contributed by atoms with van der Waals surface area (Å²) in [6.07, 6.45) is 3.11. The van der Waals surface area contributed by atoms with Gasteiger partial charge in [0.15, 0.2) is 0 Å². The Balaban J connectivity index is 2.24. The van der Waals surface area contributed by atoms with E-state index in [1.54, 1.807) is 13.0 Å². The smallest absolute Gasteiger partial charge is 0.401 e. The van der Waals surface area contributed by atoms with Crippen LogP contribution in [0.15, 0.2) is 27.4 Å². The van der Waals surface area contributed by atoms with E-state index >= 15 is 0 Å². The van der Waals surface area contributed by atoms with Crippen molar-refractivity contribution in [2.45, 2.75) is 6.92 Å². The van der Waals surface area contributed by atoms with Crippen LogP contribution in [0.2, 0.25) is 0 Å². The number of aromatic nitrogens is 2. The molecule has 2 heterocycles. The van der Waals surface area contributed by atoms with E-state index in [1.807, 2.05) is 0 Å². The molecule has 0 spiro atoms. The van der Waals surface area contributed by atoms with Crippen LogP contribution in [0.1, 0.15) is 17.3 Å². The Labute approximate surface area is 101 Å². The number of nitrogens with zero attached hydrogens (tertiary/aromatic N) is 2. The van der Waals surface area contributed by atoms with E-state index in [4.69, 9.17) is 4.42 Å². The predicted octanol–water partition coefficient (Wildman–Crippen LogP) is 1.75. The van der Waals surface area contributed by atoms with Gasteiger partial charge in [-0.05, 0) is 25.1 Å². The van der Waals surface area contributed by atoms with Crippen molar-refractivity contribution in [2.75, 3.05) is 0 Å². The monoisotopic (exact) mass is 247 g/mol. The quantitative estimate of drug-likeness (QED) is 0.657. The largest absolute Gasteiger partial charge is 0.433 e. The van der Waals surface area contributed by atoms with Crippen LogP contribution in [0.3, 0.4) is 0 Å². The third kappa shape index (κ3) is 2.70. The van der Waals surface area contributed by atoms with Crippen molar-refractivity contribution in [3.05, 3.63) is 55.9 Å². The first-order chi connectivity index (χ1) is 8.54. The molecule has 0 saturated carbocycles. The maximum atomic E-state index is 11.1. The Kier molecular flexibility index (Phi) is 3.05. The molecule has 2 rings (SSSR count). The number of furan rings is 1. The second kappa shape index (κ2) is 4.66.